The number of benzene rings is 2. The van der Waals surface area contributed by atoms with Crippen LogP contribution in [0.5, 0.6) is 0 Å². The average Bonchev–Trinajstić information content (AvgIpc) is 3.04. The first kappa shape index (κ1) is 20.5. The van der Waals surface area contributed by atoms with Crippen molar-refractivity contribution in [3.8, 4) is 0 Å². The molecule has 4 rings (SSSR count). The normalized spacial score (nSPS) is 11.5. The van der Waals surface area contributed by atoms with Crippen molar-refractivity contribution in [1.82, 2.24) is 20.0 Å². The number of nitrogens with one attached hydrogen (secondary N) is 1. The van der Waals surface area contributed by atoms with Crippen LogP contribution >= 0.6 is 0 Å². The molecule has 0 spiro atoms. The van der Waals surface area contributed by atoms with E-state index in [0.29, 0.717) is 28.8 Å². The van der Waals surface area contributed by atoms with Crippen molar-refractivity contribution in [2.24, 2.45) is 5.10 Å². The fourth-order valence-corrected chi connectivity index (χ4v) is 3.51. The van der Waals surface area contributed by atoms with Gasteiger partial charge in [-0.1, -0.05) is 56.2 Å². The number of amides is 1. The second-order valence-corrected chi connectivity index (χ2v) is 7.52. The third-order valence-electron chi connectivity index (χ3n) is 5.27. The zero-order chi connectivity index (χ0) is 21.8. The molecule has 2 aromatic carbocycles. The number of para-hydroxylation sites is 2. The van der Waals surface area contributed by atoms with Gasteiger partial charge in [-0.15, -0.1) is 0 Å². The summed E-state index contributed by atoms with van der Waals surface area (Å²) in [5, 5.41) is 7.53. The number of unbranched alkanes of at least 4 members (excludes halogenated alkanes) is 2. The van der Waals surface area contributed by atoms with Crippen LogP contribution in [0.3, 0.4) is 0 Å². The number of anilines is 1. The number of nitrogens with zero attached hydrogens (tertiary/aromatic N) is 4. The summed E-state index contributed by atoms with van der Waals surface area (Å²) in [7, 11) is 0. The summed E-state index contributed by atoms with van der Waals surface area (Å²) < 4.78 is 1.50. The standard InChI is InChI=1S/C24H26N6O/c1-3-4-9-14-26-24(31)20-21-23(29-19-13-8-7-12-18(19)28-21)30(22(20)25)27-15-17-11-6-5-10-16(17)2/h5-8,10-13,15H,3-4,9,14,25H2,1-2H3,(H,26,31)/b27-15-. The zero-order valence-electron chi connectivity index (χ0n) is 17.8. The third-order valence-corrected chi connectivity index (χ3v) is 5.27. The Balaban J connectivity index is 1.83. The van der Waals surface area contributed by atoms with E-state index in [1.54, 1.807) is 6.21 Å². The van der Waals surface area contributed by atoms with E-state index in [1.807, 2.05) is 55.5 Å². The maximum absolute atomic E-state index is 13.0. The summed E-state index contributed by atoms with van der Waals surface area (Å²) >= 11 is 0. The van der Waals surface area contributed by atoms with Crippen molar-refractivity contribution in [2.45, 2.75) is 33.1 Å². The van der Waals surface area contributed by atoms with Gasteiger partial charge in [-0.3, -0.25) is 4.79 Å². The SMILES string of the molecule is CCCCCNC(=O)c1c(N)n(/N=C\c2ccccc2C)c2nc3ccccc3nc12. The van der Waals surface area contributed by atoms with Gasteiger partial charge in [-0.2, -0.15) is 9.78 Å². The Morgan fingerprint density at radius 1 is 1.10 bits per heavy atom. The van der Waals surface area contributed by atoms with E-state index in [-0.39, 0.29) is 11.7 Å². The van der Waals surface area contributed by atoms with Crippen molar-refractivity contribution in [1.29, 1.82) is 0 Å². The monoisotopic (exact) mass is 414 g/mol. The topological polar surface area (TPSA) is 98.2 Å². The van der Waals surface area contributed by atoms with Crippen LogP contribution in [0.4, 0.5) is 5.82 Å². The number of aryl methyl sites for hydroxylation is 1. The molecule has 31 heavy (non-hydrogen) atoms. The molecule has 0 aliphatic carbocycles. The third kappa shape index (κ3) is 4.12. The van der Waals surface area contributed by atoms with Crippen LogP contribution in [0, 0.1) is 6.92 Å². The molecule has 158 valence electrons. The number of fused-ring (bicyclic) bond motifs is 2. The molecule has 4 aromatic rings. The van der Waals surface area contributed by atoms with Crippen LogP contribution in [0.1, 0.15) is 47.7 Å². The summed E-state index contributed by atoms with van der Waals surface area (Å²) in [6.45, 7) is 4.73. The van der Waals surface area contributed by atoms with Gasteiger partial charge < -0.3 is 11.1 Å². The predicted octanol–water partition coefficient (Wildman–Crippen LogP) is 4.28. The van der Waals surface area contributed by atoms with E-state index in [0.717, 1.165) is 35.9 Å². The molecular weight excluding hydrogens is 388 g/mol. The van der Waals surface area contributed by atoms with Crippen LogP contribution in [-0.2, 0) is 0 Å². The minimum Gasteiger partial charge on any atom is -0.383 e. The lowest BCUT2D eigenvalue weighted by atomic mass is 10.1. The molecule has 0 aliphatic rings. The van der Waals surface area contributed by atoms with Gasteiger partial charge in [-0.25, -0.2) is 9.97 Å². The zero-order valence-corrected chi connectivity index (χ0v) is 17.8. The highest BCUT2D eigenvalue weighted by molar-refractivity contribution is 6.10. The van der Waals surface area contributed by atoms with E-state index in [9.17, 15) is 4.79 Å². The number of hydrogen-bond acceptors (Lipinski definition) is 5. The predicted molar refractivity (Wildman–Crippen MR) is 125 cm³/mol. The van der Waals surface area contributed by atoms with E-state index >= 15 is 0 Å². The van der Waals surface area contributed by atoms with Crippen LogP contribution in [-0.4, -0.2) is 33.3 Å². The van der Waals surface area contributed by atoms with Crippen molar-refractivity contribution < 1.29 is 4.79 Å². The number of nitrogens with two attached hydrogens (primary N) is 1. The minimum atomic E-state index is -0.256. The maximum atomic E-state index is 13.0. The van der Waals surface area contributed by atoms with Crippen molar-refractivity contribution >= 4 is 40.1 Å². The Morgan fingerprint density at radius 3 is 2.55 bits per heavy atom. The molecule has 7 nitrogen and oxygen atoms in total. The molecule has 1 amide bonds. The summed E-state index contributed by atoms with van der Waals surface area (Å²) in [6.07, 6.45) is 4.79. The van der Waals surface area contributed by atoms with Gasteiger partial charge in [0.2, 0.25) is 0 Å². The van der Waals surface area contributed by atoms with Crippen LogP contribution < -0.4 is 11.1 Å². The number of nitrogen functional groups attached to an aromatic ring is 1. The lowest BCUT2D eigenvalue weighted by Gasteiger charge is -2.05. The molecular formula is C24H26N6O. The molecule has 0 saturated carbocycles. The molecule has 0 bridgehead atoms. The van der Waals surface area contributed by atoms with Gasteiger partial charge >= 0.3 is 0 Å². The summed E-state index contributed by atoms with van der Waals surface area (Å²) in [4.78, 5) is 22.4. The largest absolute Gasteiger partial charge is 0.383 e. The van der Waals surface area contributed by atoms with Crippen molar-refractivity contribution in [3.63, 3.8) is 0 Å². The molecule has 0 unspecified atom stereocenters. The highest BCUT2D eigenvalue weighted by Gasteiger charge is 2.23. The van der Waals surface area contributed by atoms with Crippen molar-refractivity contribution in [3.05, 3.63) is 65.2 Å². The fourth-order valence-electron chi connectivity index (χ4n) is 3.51. The van der Waals surface area contributed by atoms with Gasteiger partial charge in [0, 0.05) is 6.54 Å². The number of carbonyl (C=O) groups excluding carboxylic acids is 1. The molecule has 2 heterocycles. The smallest absolute Gasteiger partial charge is 0.257 e. The van der Waals surface area contributed by atoms with Gasteiger partial charge in [0.15, 0.2) is 5.65 Å². The molecule has 0 saturated heterocycles. The molecule has 0 fully saturated rings. The first-order valence-corrected chi connectivity index (χ1v) is 10.5. The summed E-state index contributed by atoms with van der Waals surface area (Å²) in [5.41, 5.74) is 11.1. The molecule has 0 radical (unpaired) electrons. The van der Waals surface area contributed by atoms with Crippen molar-refractivity contribution in [2.75, 3.05) is 12.3 Å². The first-order chi connectivity index (χ1) is 15.1. The first-order valence-electron chi connectivity index (χ1n) is 10.5. The highest BCUT2D eigenvalue weighted by atomic mass is 16.1. The van der Waals surface area contributed by atoms with E-state index in [1.165, 1.54) is 4.68 Å². The lowest BCUT2D eigenvalue weighted by Crippen LogP contribution is -2.25. The Labute approximate surface area is 181 Å². The van der Waals surface area contributed by atoms with E-state index < -0.39 is 0 Å². The molecule has 2 aromatic heterocycles. The quantitative estimate of drug-likeness (QED) is 0.348. The average molecular weight is 415 g/mol. The van der Waals surface area contributed by atoms with Gasteiger partial charge in [-0.05, 0) is 36.6 Å². The number of carbonyl (C=O) groups is 1. The summed E-state index contributed by atoms with van der Waals surface area (Å²) in [5.74, 6) is -0.0313. The number of aromatic nitrogens is 3. The van der Waals surface area contributed by atoms with Crippen LogP contribution in [0.25, 0.3) is 22.2 Å². The Bertz CT molecular complexity index is 1270. The Morgan fingerprint density at radius 2 is 1.81 bits per heavy atom. The fraction of sp³-hybridized carbons (Fsp3) is 0.250. The number of hydrogen-bond donors (Lipinski definition) is 2. The van der Waals surface area contributed by atoms with Gasteiger partial charge in [0.25, 0.3) is 5.91 Å². The molecule has 0 aliphatic heterocycles. The molecule has 0 atom stereocenters. The Hall–Kier alpha value is -3.74. The van der Waals surface area contributed by atoms with Gasteiger partial charge in [0.05, 0.1) is 17.2 Å². The molecule has 3 N–H and O–H groups in total. The molecule has 7 heteroatoms. The maximum Gasteiger partial charge on any atom is 0.257 e. The lowest BCUT2D eigenvalue weighted by molar-refractivity contribution is 0.0955. The van der Waals surface area contributed by atoms with Crippen LogP contribution in [0.2, 0.25) is 0 Å². The second-order valence-electron chi connectivity index (χ2n) is 7.52. The van der Waals surface area contributed by atoms with Crippen LogP contribution in [0.15, 0.2) is 53.6 Å². The Kier molecular flexibility index (Phi) is 5.93. The van der Waals surface area contributed by atoms with Gasteiger partial charge in [0.1, 0.15) is 16.9 Å². The minimum absolute atomic E-state index is 0.225. The van der Waals surface area contributed by atoms with E-state index in [2.05, 4.69) is 17.3 Å². The number of rotatable bonds is 7. The highest BCUT2D eigenvalue weighted by Crippen LogP contribution is 2.27. The van der Waals surface area contributed by atoms with E-state index in [4.69, 9.17) is 15.7 Å². The summed E-state index contributed by atoms with van der Waals surface area (Å²) in [6, 6.07) is 15.5. The second kappa shape index (κ2) is 8.95.